The van der Waals surface area contributed by atoms with Crippen molar-refractivity contribution in [3.05, 3.63) is 63.5 Å². The second kappa shape index (κ2) is 5.98. The molecular formula is C14H9FN2O4. The second-order valence-electron chi connectivity index (χ2n) is 4.08. The summed E-state index contributed by atoms with van der Waals surface area (Å²) in [7, 11) is 0. The van der Waals surface area contributed by atoms with Crippen molar-refractivity contribution in [1.82, 2.24) is 0 Å². The largest absolute Gasteiger partial charge is 0.447 e. The summed E-state index contributed by atoms with van der Waals surface area (Å²) in [5.41, 5.74) is 0.0269. The zero-order chi connectivity index (χ0) is 15.4. The highest BCUT2D eigenvalue weighted by Gasteiger charge is 2.18. The zero-order valence-corrected chi connectivity index (χ0v) is 10.6. The molecule has 0 heterocycles. The van der Waals surface area contributed by atoms with Gasteiger partial charge >= 0.3 is 5.69 Å². The number of benzene rings is 2. The zero-order valence-electron chi connectivity index (χ0n) is 10.6. The molecule has 0 fully saturated rings. The molecule has 0 saturated heterocycles. The number of aliphatic hydroxyl groups is 1. The molecule has 0 atom stereocenters. The molecule has 7 heteroatoms. The lowest BCUT2D eigenvalue weighted by Crippen LogP contribution is -1.96. The molecule has 0 aromatic heterocycles. The van der Waals surface area contributed by atoms with Crippen molar-refractivity contribution >= 4 is 5.69 Å². The third kappa shape index (κ3) is 3.13. The molecule has 0 radical (unpaired) electrons. The Balaban J connectivity index is 2.40. The average Bonchev–Trinajstić information content (AvgIpc) is 2.49. The number of nitriles is 1. The number of nitro benzene ring substituents is 1. The van der Waals surface area contributed by atoms with Gasteiger partial charge in [0, 0.05) is 6.07 Å². The molecular weight excluding hydrogens is 279 g/mol. The normalized spacial score (nSPS) is 9.95. The lowest BCUT2D eigenvalue weighted by Gasteiger charge is -2.08. The van der Waals surface area contributed by atoms with Gasteiger partial charge in [-0.1, -0.05) is 6.07 Å². The summed E-state index contributed by atoms with van der Waals surface area (Å²) in [4.78, 5) is 10.2. The molecule has 1 N–H and O–H groups in total. The van der Waals surface area contributed by atoms with E-state index < -0.39 is 16.4 Å². The molecule has 0 spiro atoms. The number of halogens is 1. The first-order valence-electron chi connectivity index (χ1n) is 5.81. The van der Waals surface area contributed by atoms with Crippen molar-refractivity contribution in [2.45, 2.75) is 6.61 Å². The molecule has 0 unspecified atom stereocenters. The second-order valence-corrected chi connectivity index (χ2v) is 4.08. The first-order chi connectivity index (χ1) is 10.0. The molecule has 21 heavy (non-hydrogen) atoms. The number of ether oxygens (including phenoxy) is 1. The molecule has 106 valence electrons. The van der Waals surface area contributed by atoms with Crippen LogP contribution in [0.4, 0.5) is 10.1 Å². The maximum absolute atomic E-state index is 13.7. The van der Waals surface area contributed by atoms with Crippen molar-refractivity contribution in [3.8, 4) is 17.6 Å². The van der Waals surface area contributed by atoms with Gasteiger partial charge in [0.15, 0.2) is 11.6 Å². The maximum Gasteiger partial charge on any atom is 0.312 e. The first-order valence-corrected chi connectivity index (χ1v) is 5.81. The summed E-state index contributed by atoms with van der Waals surface area (Å²) in [6.07, 6.45) is 0. The molecule has 0 aliphatic heterocycles. The van der Waals surface area contributed by atoms with Crippen LogP contribution in [0.3, 0.4) is 0 Å². The van der Waals surface area contributed by atoms with E-state index in [1.54, 1.807) is 6.07 Å². The van der Waals surface area contributed by atoms with Crippen molar-refractivity contribution in [3.63, 3.8) is 0 Å². The van der Waals surface area contributed by atoms with E-state index in [1.807, 2.05) is 0 Å². The van der Waals surface area contributed by atoms with Crippen LogP contribution in [0.25, 0.3) is 0 Å². The Kier molecular flexibility index (Phi) is 4.11. The molecule has 6 nitrogen and oxygen atoms in total. The van der Waals surface area contributed by atoms with Gasteiger partial charge in [-0.05, 0) is 29.8 Å². The van der Waals surface area contributed by atoms with Gasteiger partial charge in [0.2, 0.25) is 5.75 Å². The smallest absolute Gasteiger partial charge is 0.312 e. The van der Waals surface area contributed by atoms with Crippen LogP contribution in [0.5, 0.6) is 11.5 Å². The fourth-order valence-electron chi connectivity index (χ4n) is 1.66. The Morgan fingerprint density at radius 2 is 2.00 bits per heavy atom. The Morgan fingerprint density at radius 1 is 1.29 bits per heavy atom. The van der Waals surface area contributed by atoms with Crippen molar-refractivity contribution in [2.75, 3.05) is 0 Å². The van der Waals surface area contributed by atoms with Gasteiger partial charge in [-0.2, -0.15) is 5.26 Å². The van der Waals surface area contributed by atoms with E-state index in [4.69, 9.17) is 15.1 Å². The molecule has 2 aromatic carbocycles. The van der Waals surface area contributed by atoms with Crippen LogP contribution in [-0.2, 0) is 6.61 Å². The predicted octanol–water partition coefficient (Wildman–Crippen LogP) is 2.89. The summed E-state index contributed by atoms with van der Waals surface area (Å²) < 4.78 is 18.9. The van der Waals surface area contributed by atoms with E-state index in [9.17, 15) is 14.5 Å². The van der Waals surface area contributed by atoms with Crippen molar-refractivity contribution in [2.24, 2.45) is 0 Å². The highest BCUT2D eigenvalue weighted by Crippen LogP contribution is 2.33. The topological polar surface area (TPSA) is 96.4 Å². The van der Waals surface area contributed by atoms with Crippen LogP contribution in [0, 0.1) is 27.3 Å². The van der Waals surface area contributed by atoms with Crippen LogP contribution in [0.2, 0.25) is 0 Å². The third-order valence-electron chi connectivity index (χ3n) is 2.68. The van der Waals surface area contributed by atoms with Gasteiger partial charge in [0.05, 0.1) is 23.2 Å². The number of hydrogen-bond donors (Lipinski definition) is 1. The van der Waals surface area contributed by atoms with E-state index in [-0.39, 0.29) is 23.7 Å². The van der Waals surface area contributed by atoms with Gasteiger partial charge in [-0.25, -0.2) is 4.39 Å². The number of hydrogen-bond acceptors (Lipinski definition) is 5. The van der Waals surface area contributed by atoms with Gasteiger partial charge in [-0.15, -0.1) is 0 Å². The van der Waals surface area contributed by atoms with Crippen LogP contribution in [-0.4, -0.2) is 10.0 Å². The minimum atomic E-state index is -0.750. The number of aliphatic hydroxyl groups excluding tert-OH is 1. The molecule has 2 aromatic rings. The summed E-state index contributed by atoms with van der Waals surface area (Å²) in [6.45, 7) is -0.325. The van der Waals surface area contributed by atoms with Crippen molar-refractivity contribution in [1.29, 1.82) is 5.26 Å². The SMILES string of the molecule is N#Cc1ccc(Oc2ccc(CO)cc2F)c([N+](=O)[O-])c1. The van der Waals surface area contributed by atoms with E-state index in [0.717, 1.165) is 12.1 Å². The van der Waals surface area contributed by atoms with E-state index in [0.29, 0.717) is 5.56 Å². The monoisotopic (exact) mass is 288 g/mol. The highest BCUT2D eigenvalue weighted by atomic mass is 19.1. The fraction of sp³-hybridized carbons (Fsp3) is 0.0714. The summed E-state index contributed by atoms with van der Waals surface area (Å²) >= 11 is 0. The molecule has 0 bridgehead atoms. The molecule has 0 aliphatic carbocycles. The average molecular weight is 288 g/mol. The third-order valence-corrected chi connectivity index (χ3v) is 2.68. The predicted molar refractivity (Wildman–Crippen MR) is 70.2 cm³/mol. The van der Waals surface area contributed by atoms with E-state index in [1.165, 1.54) is 24.3 Å². The lowest BCUT2D eigenvalue weighted by molar-refractivity contribution is -0.385. The van der Waals surface area contributed by atoms with Crippen LogP contribution >= 0.6 is 0 Å². The minimum Gasteiger partial charge on any atom is -0.447 e. The van der Waals surface area contributed by atoms with Crippen molar-refractivity contribution < 1.29 is 19.2 Å². The summed E-state index contributed by atoms with van der Waals surface area (Å²) in [5, 5.41) is 28.6. The van der Waals surface area contributed by atoms with Crippen LogP contribution in [0.1, 0.15) is 11.1 Å². The van der Waals surface area contributed by atoms with E-state index >= 15 is 0 Å². The Bertz CT molecular complexity index is 740. The van der Waals surface area contributed by atoms with Gasteiger partial charge in [0.25, 0.3) is 0 Å². The maximum atomic E-state index is 13.7. The Hall–Kier alpha value is -2.98. The number of nitro groups is 1. The van der Waals surface area contributed by atoms with Crippen LogP contribution < -0.4 is 4.74 Å². The minimum absolute atomic E-state index is 0.102. The molecule has 0 amide bonds. The number of nitrogens with zero attached hydrogens (tertiary/aromatic N) is 2. The van der Waals surface area contributed by atoms with Crippen LogP contribution in [0.15, 0.2) is 36.4 Å². The quantitative estimate of drug-likeness (QED) is 0.689. The van der Waals surface area contributed by atoms with Gasteiger partial charge < -0.3 is 9.84 Å². The highest BCUT2D eigenvalue weighted by molar-refractivity contribution is 5.53. The fourth-order valence-corrected chi connectivity index (χ4v) is 1.66. The molecule has 0 aliphatic rings. The summed E-state index contributed by atoms with van der Waals surface area (Å²) in [5.74, 6) is -1.13. The van der Waals surface area contributed by atoms with Gasteiger partial charge in [0.1, 0.15) is 0 Å². The molecule has 0 saturated carbocycles. The lowest BCUT2D eigenvalue weighted by atomic mass is 10.2. The molecule has 2 rings (SSSR count). The summed E-state index contributed by atoms with van der Waals surface area (Å²) in [6, 6.07) is 9.18. The first kappa shape index (κ1) is 14.4. The Morgan fingerprint density at radius 3 is 2.57 bits per heavy atom. The van der Waals surface area contributed by atoms with E-state index in [2.05, 4.69) is 0 Å². The van der Waals surface area contributed by atoms with Gasteiger partial charge in [-0.3, -0.25) is 10.1 Å². The number of rotatable bonds is 4. The Labute approximate surface area is 118 Å². The standard InChI is InChI=1S/C14H9FN2O4/c15-11-5-10(8-18)2-3-13(11)21-14-4-1-9(7-16)6-12(14)17(19)20/h1-6,18H,8H2.